The molecule has 0 radical (unpaired) electrons. The first-order valence-corrected chi connectivity index (χ1v) is 11.3. The summed E-state index contributed by atoms with van der Waals surface area (Å²) in [5.41, 5.74) is 0.547. The highest BCUT2D eigenvalue weighted by Crippen LogP contribution is 2.45. The van der Waals surface area contributed by atoms with Gasteiger partial charge in [0.2, 0.25) is 5.28 Å². The van der Waals surface area contributed by atoms with E-state index in [1.165, 1.54) is 12.1 Å². The van der Waals surface area contributed by atoms with E-state index in [1.54, 1.807) is 6.92 Å². The molecule has 3 unspecified atom stereocenters. The van der Waals surface area contributed by atoms with Gasteiger partial charge in [0.05, 0.1) is 29.9 Å². The third-order valence-electron chi connectivity index (χ3n) is 7.37. The van der Waals surface area contributed by atoms with Crippen LogP contribution >= 0.6 is 11.6 Å². The number of anilines is 1. The molecule has 2 fully saturated rings. The number of likely N-dealkylation sites (N-methyl/N-ethyl adjacent to an activating group) is 1. The van der Waals surface area contributed by atoms with Crippen LogP contribution in [0.2, 0.25) is 5.28 Å². The number of rotatable bonds is 5. The molecule has 176 valence electrons. The van der Waals surface area contributed by atoms with E-state index in [2.05, 4.69) is 20.2 Å². The fourth-order valence-electron chi connectivity index (χ4n) is 5.55. The third-order valence-corrected chi connectivity index (χ3v) is 7.54. The van der Waals surface area contributed by atoms with Gasteiger partial charge in [0, 0.05) is 17.7 Å². The summed E-state index contributed by atoms with van der Waals surface area (Å²) in [6.45, 7) is 2.69. The zero-order chi connectivity index (χ0) is 23.5. The zero-order valence-electron chi connectivity index (χ0n) is 18.2. The molecular weight excluding hydrogens is 457 g/mol. The number of carbonyl (C=O) groups excluding carboxylic acids is 1. The molecule has 1 aliphatic carbocycles. The van der Waals surface area contributed by atoms with Gasteiger partial charge in [-0.2, -0.15) is 0 Å². The van der Waals surface area contributed by atoms with Crippen molar-refractivity contribution >= 4 is 23.2 Å². The smallest absolute Gasteiger partial charge is 0.266 e. The van der Waals surface area contributed by atoms with Crippen molar-refractivity contribution in [3.8, 4) is 0 Å². The number of hydrogen-bond donors (Lipinski definition) is 1. The lowest BCUT2D eigenvalue weighted by Crippen LogP contribution is -2.75. The van der Waals surface area contributed by atoms with Crippen LogP contribution in [0.25, 0.3) is 0 Å². The predicted octanol–water partition coefficient (Wildman–Crippen LogP) is 4.14. The van der Waals surface area contributed by atoms with Crippen molar-refractivity contribution in [2.45, 2.75) is 50.2 Å². The molecule has 2 aromatic rings. The molecule has 1 aromatic carbocycles. The van der Waals surface area contributed by atoms with E-state index in [4.69, 9.17) is 16.3 Å². The number of halogens is 4. The molecule has 6 nitrogen and oxygen atoms in total. The minimum absolute atomic E-state index is 0.0197. The van der Waals surface area contributed by atoms with Gasteiger partial charge in [-0.15, -0.1) is 0 Å². The van der Waals surface area contributed by atoms with Gasteiger partial charge in [-0.05, 0) is 50.8 Å². The number of likely N-dealkylation sites (tertiary alicyclic amines) is 1. The maximum Gasteiger partial charge on any atom is 0.266 e. The predicted molar refractivity (Wildman–Crippen MR) is 116 cm³/mol. The van der Waals surface area contributed by atoms with Crippen molar-refractivity contribution in [3.63, 3.8) is 0 Å². The van der Waals surface area contributed by atoms with E-state index in [9.17, 15) is 18.0 Å². The number of alkyl halides is 2. The number of ketones is 1. The normalized spacial score (nSPS) is 27.8. The standard InChI is InChI=1S/C23H24ClF3N4O2/c1-11(13-4-3-5-14(17(13)25)20(26)27)28-21-15-8-12(9-16(15)29-22(24)30-21)18-19(32)23(31(18)2)6-7-33-10-23/h3-5,11-12,18,20H,6-10H2,1-2H3,(H,28,29,30)/t11-,12?,18?,23?/m1/s1. The Morgan fingerprint density at radius 1 is 1.27 bits per heavy atom. The number of ether oxygens (including phenoxy) is 1. The van der Waals surface area contributed by atoms with Gasteiger partial charge in [0.15, 0.2) is 5.78 Å². The summed E-state index contributed by atoms with van der Waals surface area (Å²) in [6, 6.07) is 3.09. The quantitative estimate of drug-likeness (QED) is 0.649. The van der Waals surface area contributed by atoms with Crippen molar-refractivity contribution in [1.29, 1.82) is 0 Å². The molecule has 2 aliphatic heterocycles. The molecule has 1 spiro atoms. The van der Waals surface area contributed by atoms with E-state index in [-0.39, 0.29) is 28.6 Å². The highest BCUT2D eigenvalue weighted by atomic mass is 35.5. The van der Waals surface area contributed by atoms with Crippen molar-refractivity contribution < 1.29 is 22.7 Å². The Hall–Kier alpha value is -2.23. The van der Waals surface area contributed by atoms with E-state index in [1.807, 2.05) is 7.05 Å². The number of aromatic nitrogens is 2. The Balaban J connectivity index is 1.38. The van der Waals surface area contributed by atoms with Gasteiger partial charge in [-0.25, -0.2) is 23.1 Å². The highest BCUT2D eigenvalue weighted by Gasteiger charge is 2.62. The van der Waals surface area contributed by atoms with E-state index >= 15 is 0 Å². The number of benzene rings is 1. The van der Waals surface area contributed by atoms with Crippen molar-refractivity contribution in [1.82, 2.24) is 14.9 Å². The molecule has 3 aliphatic rings. The number of Topliss-reactive ketones (excluding diaryl/α,β-unsaturated/α-hetero) is 1. The van der Waals surface area contributed by atoms with Gasteiger partial charge in [-0.1, -0.05) is 18.2 Å². The SMILES string of the molecule is C[C@@H](Nc1nc(Cl)nc2c1CC(C1C(=O)C3(CCOC3)N1C)C2)c1cccc(C(F)F)c1F. The van der Waals surface area contributed by atoms with Crippen molar-refractivity contribution in [3.05, 3.63) is 51.7 Å². The first-order chi connectivity index (χ1) is 15.7. The first kappa shape index (κ1) is 22.6. The molecule has 1 N–H and O–H groups in total. The van der Waals surface area contributed by atoms with Gasteiger partial charge >= 0.3 is 0 Å². The lowest BCUT2D eigenvalue weighted by Gasteiger charge is -2.54. The van der Waals surface area contributed by atoms with Crippen LogP contribution in [0.3, 0.4) is 0 Å². The maximum absolute atomic E-state index is 14.7. The minimum atomic E-state index is -2.90. The van der Waals surface area contributed by atoms with Crippen LogP contribution in [0.15, 0.2) is 18.2 Å². The van der Waals surface area contributed by atoms with E-state index in [0.29, 0.717) is 38.3 Å². The highest BCUT2D eigenvalue weighted by molar-refractivity contribution is 6.28. The summed E-state index contributed by atoms with van der Waals surface area (Å²) < 4.78 is 46.4. The monoisotopic (exact) mass is 480 g/mol. The molecule has 1 aromatic heterocycles. The van der Waals surface area contributed by atoms with Crippen LogP contribution in [0.5, 0.6) is 0 Å². The number of carbonyl (C=O) groups is 1. The lowest BCUT2D eigenvalue weighted by atomic mass is 9.71. The van der Waals surface area contributed by atoms with Gasteiger partial charge in [0.1, 0.15) is 17.2 Å². The van der Waals surface area contributed by atoms with Gasteiger partial charge in [0.25, 0.3) is 6.43 Å². The molecule has 4 atom stereocenters. The third kappa shape index (κ3) is 3.52. The topological polar surface area (TPSA) is 67.3 Å². The Labute approximate surface area is 194 Å². The van der Waals surface area contributed by atoms with Crippen LogP contribution in [0, 0.1) is 11.7 Å². The summed E-state index contributed by atoms with van der Waals surface area (Å²) in [7, 11) is 1.96. The fraction of sp³-hybridized carbons (Fsp3) is 0.522. The summed E-state index contributed by atoms with van der Waals surface area (Å²) in [4.78, 5) is 23.9. The molecule has 33 heavy (non-hydrogen) atoms. The number of hydrogen-bond acceptors (Lipinski definition) is 6. The summed E-state index contributed by atoms with van der Waals surface area (Å²) in [5, 5.41) is 3.18. The summed E-state index contributed by atoms with van der Waals surface area (Å²) >= 11 is 6.16. The first-order valence-electron chi connectivity index (χ1n) is 11.0. The van der Waals surface area contributed by atoms with E-state index in [0.717, 1.165) is 17.3 Å². The second kappa shape index (κ2) is 8.21. The number of fused-ring (bicyclic) bond motifs is 1. The molecule has 0 saturated carbocycles. The van der Waals surface area contributed by atoms with Gasteiger partial charge in [-0.3, -0.25) is 9.69 Å². The molecule has 3 heterocycles. The number of nitrogens with one attached hydrogen (secondary N) is 1. The maximum atomic E-state index is 14.7. The average molecular weight is 481 g/mol. The van der Waals surface area contributed by atoms with Crippen LogP contribution in [0.1, 0.15) is 48.2 Å². The van der Waals surface area contributed by atoms with Crippen LogP contribution in [-0.4, -0.2) is 52.5 Å². The molecule has 0 amide bonds. The molecular formula is C23H24ClF3N4O2. The summed E-state index contributed by atoms with van der Waals surface area (Å²) in [6.07, 6.45) is -1.05. The molecule has 2 saturated heterocycles. The average Bonchev–Trinajstić information content (AvgIpc) is 3.42. The Bertz CT molecular complexity index is 1110. The van der Waals surface area contributed by atoms with Crippen molar-refractivity contribution in [2.24, 2.45) is 5.92 Å². The Morgan fingerprint density at radius 2 is 2.03 bits per heavy atom. The molecule has 0 bridgehead atoms. The lowest BCUT2D eigenvalue weighted by molar-refractivity contribution is -0.161. The Morgan fingerprint density at radius 3 is 2.70 bits per heavy atom. The number of nitrogens with zero attached hydrogens (tertiary/aromatic N) is 3. The van der Waals surface area contributed by atoms with Crippen LogP contribution in [-0.2, 0) is 22.4 Å². The second-order valence-electron chi connectivity index (χ2n) is 9.11. The van der Waals surface area contributed by atoms with Crippen LogP contribution in [0.4, 0.5) is 19.0 Å². The molecule has 10 heteroatoms. The van der Waals surface area contributed by atoms with Gasteiger partial charge < -0.3 is 10.1 Å². The Kier molecular flexibility index (Phi) is 5.61. The fourth-order valence-corrected chi connectivity index (χ4v) is 5.73. The minimum Gasteiger partial charge on any atom is -0.379 e. The zero-order valence-corrected chi connectivity index (χ0v) is 19.0. The van der Waals surface area contributed by atoms with E-state index < -0.39 is 29.4 Å². The summed E-state index contributed by atoms with van der Waals surface area (Å²) in [5.74, 6) is -0.275. The largest absolute Gasteiger partial charge is 0.379 e. The molecule has 5 rings (SSSR count). The van der Waals surface area contributed by atoms with Crippen LogP contribution < -0.4 is 5.32 Å². The van der Waals surface area contributed by atoms with Crippen molar-refractivity contribution in [2.75, 3.05) is 25.6 Å². The second-order valence-corrected chi connectivity index (χ2v) is 9.44.